The zero-order chi connectivity index (χ0) is 16.9. The minimum absolute atomic E-state index is 0. The number of halogens is 1. The van der Waals surface area contributed by atoms with Gasteiger partial charge in [-0.2, -0.15) is 0 Å². The largest absolute Gasteiger partial charge is 0.391 e. The van der Waals surface area contributed by atoms with Crippen LogP contribution in [0.25, 0.3) is 5.82 Å². The van der Waals surface area contributed by atoms with E-state index < -0.39 is 0 Å². The number of rotatable bonds is 4. The first-order valence-corrected chi connectivity index (χ1v) is 8.34. The fourth-order valence-electron chi connectivity index (χ4n) is 2.80. The number of aryl methyl sites for hydroxylation is 1. The highest BCUT2D eigenvalue weighted by atomic mass is 127. The van der Waals surface area contributed by atoms with E-state index in [2.05, 4.69) is 25.2 Å². The van der Waals surface area contributed by atoms with Crippen LogP contribution in [0.4, 0.5) is 0 Å². The van der Waals surface area contributed by atoms with Gasteiger partial charge in [-0.1, -0.05) is 6.07 Å². The predicted molar refractivity (Wildman–Crippen MR) is 109 cm³/mol. The van der Waals surface area contributed by atoms with E-state index in [-0.39, 0.29) is 30.1 Å². The Kier molecular flexibility index (Phi) is 7.18. The fourth-order valence-corrected chi connectivity index (χ4v) is 2.80. The number of hydrogen-bond donors (Lipinski definition) is 2. The normalized spacial score (nSPS) is 17.5. The number of pyridine rings is 1. The fraction of sp³-hybridized carbons (Fsp3) is 0.471. The summed E-state index contributed by atoms with van der Waals surface area (Å²) < 4.78 is 1.95. The Hall–Kier alpha value is -1.68. The number of imidazole rings is 1. The lowest BCUT2D eigenvalue weighted by Crippen LogP contribution is -2.40. The summed E-state index contributed by atoms with van der Waals surface area (Å²) in [6.07, 6.45) is 6.05. The third-order valence-electron chi connectivity index (χ3n) is 4.09. The van der Waals surface area contributed by atoms with Crippen LogP contribution in [-0.2, 0) is 6.54 Å². The van der Waals surface area contributed by atoms with Crippen LogP contribution in [0.5, 0.6) is 0 Å². The van der Waals surface area contributed by atoms with E-state index in [0.29, 0.717) is 13.1 Å². The highest BCUT2D eigenvalue weighted by Crippen LogP contribution is 2.11. The Labute approximate surface area is 165 Å². The van der Waals surface area contributed by atoms with E-state index in [0.717, 1.165) is 42.7 Å². The molecule has 136 valence electrons. The van der Waals surface area contributed by atoms with Crippen LogP contribution in [0.15, 0.2) is 35.7 Å². The average molecular weight is 456 g/mol. The summed E-state index contributed by atoms with van der Waals surface area (Å²) >= 11 is 0. The number of guanidine groups is 1. The molecule has 2 N–H and O–H groups in total. The number of nitrogens with zero attached hydrogens (tertiary/aromatic N) is 5. The molecule has 0 spiro atoms. The summed E-state index contributed by atoms with van der Waals surface area (Å²) in [5, 5.41) is 13.0. The van der Waals surface area contributed by atoms with Gasteiger partial charge in [0.05, 0.1) is 12.6 Å². The zero-order valence-corrected chi connectivity index (χ0v) is 16.9. The zero-order valence-electron chi connectivity index (χ0n) is 14.6. The summed E-state index contributed by atoms with van der Waals surface area (Å²) in [6, 6.07) is 4.01. The number of β-amino-alcohol motifs (C(OH)–C–C–N with tert-alkyl or cyclic N) is 1. The van der Waals surface area contributed by atoms with Gasteiger partial charge in [-0.15, -0.1) is 24.0 Å². The molecule has 0 aliphatic carbocycles. The number of aliphatic hydroxyl groups excluding tert-OH is 1. The Morgan fingerprint density at radius 3 is 2.80 bits per heavy atom. The molecule has 1 saturated heterocycles. The van der Waals surface area contributed by atoms with Crippen molar-refractivity contribution in [2.75, 3.05) is 19.6 Å². The van der Waals surface area contributed by atoms with E-state index in [1.807, 2.05) is 42.9 Å². The number of likely N-dealkylation sites (tertiary alicyclic amines) is 1. The standard InChI is InChI=1S/C17H24N6O.HI/c1-3-18-17(22-8-6-15(24)12-22)21-11-14-4-5-16(20-10-14)23-9-7-19-13(23)2;/h4-5,7,9-10,15,24H,3,6,8,11-12H2,1-2H3,(H,18,21);1H/t15-;/m1./s1. The molecule has 25 heavy (non-hydrogen) atoms. The molecule has 2 aromatic heterocycles. The second-order valence-corrected chi connectivity index (χ2v) is 5.93. The number of aliphatic imine (C=N–C) groups is 1. The second kappa shape index (κ2) is 9.14. The smallest absolute Gasteiger partial charge is 0.194 e. The van der Waals surface area contributed by atoms with Gasteiger partial charge in [-0.05, 0) is 31.9 Å². The Morgan fingerprint density at radius 2 is 2.24 bits per heavy atom. The molecule has 3 rings (SSSR count). The first kappa shape index (κ1) is 19.6. The first-order valence-electron chi connectivity index (χ1n) is 8.34. The van der Waals surface area contributed by atoms with E-state index in [1.165, 1.54) is 0 Å². The topological polar surface area (TPSA) is 78.6 Å². The maximum atomic E-state index is 9.70. The molecule has 1 aliphatic rings. The van der Waals surface area contributed by atoms with Gasteiger partial charge in [-0.3, -0.25) is 4.57 Å². The average Bonchev–Trinajstić information content (AvgIpc) is 3.20. The first-order chi connectivity index (χ1) is 11.7. The highest BCUT2D eigenvalue weighted by Gasteiger charge is 2.22. The molecular weight excluding hydrogens is 431 g/mol. The van der Waals surface area contributed by atoms with Gasteiger partial charge >= 0.3 is 0 Å². The molecule has 1 atom stereocenters. The second-order valence-electron chi connectivity index (χ2n) is 5.93. The van der Waals surface area contributed by atoms with E-state index >= 15 is 0 Å². The van der Waals surface area contributed by atoms with Gasteiger partial charge in [0.2, 0.25) is 0 Å². The summed E-state index contributed by atoms with van der Waals surface area (Å²) in [4.78, 5) is 15.5. The van der Waals surface area contributed by atoms with Gasteiger partial charge in [0, 0.05) is 38.2 Å². The third-order valence-corrected chi connectivity index (χ3v) is 4.09. The maximum absolute atomic E-state index is 9.70. The van der Waals surface area contributed by atoms with Crippen molar-refractivity contribution >= 4 is 29.9 Å². The van der Waals surface area contributed by atoms with E-state index in [1.54, 1.807) is 6.20 Å². The van der Waals surface area contributed by atoms with Crippen LogP contribution in [-0.4, -0.2) is 56.2 Å². The van der Waals surface area contributed by atoms with E-state index in [4.69, 9.17) is 0 Å². The van der Waals surface area contributed by atoms with Crippen LogP contribution in [0.2, 0.25) is 0 Å². The number of aliphatic hydroxyl groups is 1. The van der Waals surface area contributed by atoms with Crippen molar-refractivity contribution in [1.82, 2.24) is 24.8 Å². The quantitative estimate of drug-likeness (QED) is 0.416. The van der Waals surface area contributed by atoms with Crippen LogP contribution in [0.3, 0.4) is 0 Å². The third kappa shape index (κ3) is 4.91. The van der Waals surface area contributed by atoms with Crippen LogP contribution in [0, 0.1) is 6.92 Å². The molecule has 3 heterocycles. The monoisotopic (exact) mass is 456 g/mol. The molecule has 1 fully saturated rings. The van der Waals surface area contributed by atoms with Crippen molar-refractivity contribution in [2.24, 2.45) is 4.99 Å². The Balaban J connectivity index is 0.00000225. The predicted octanol–water partition coefficient (Wildman–Crippen LogP) is 1.73. The molecule has 0 radical (unpaired) electrons. The van der Waals surface area contributed by atoms with Crippen molar-refractivity contribution in [3.63, 3.8) is 0 Å². The lowest BCUT2D eigenvalue weighted by Gasteiger charge is -2.20. The number of aromatic nitrogens is 3. The summed E-state index contributed by atoms with van der Waals surface area (Å²) in [5.74, 6) is 2.62. The summed E-state index contributed by atoms with van der Waals surface area (Å²) in [6.45, 7) is 6.85. The van der Waals surface area contributed by atoms with Gasteiger partial charge < -0.3 is 15.3 Å². The van der Waals surface area contributed by atoms with Gasteiger partial charge in [0.15, 0.2) is 5.96 Å². The lowest BCUT2D eigenvalue weighted by atomic mass is 10.3. The molecule has 2 aromatic rings. The molecule has 8 heteroatoms. The summed E-state index contributed by atoms with van der Waals surface area (Å²) in [7, 11) is 0. The molecule has 0 unspecified atom stereocenters. The van der Waals surface area contributed by atoms with Gasteiger partial charge in [0.25, 0.3) is 0 Å². The molecule has 0 saturated carbocycles. The van der Waals surface area contributed by atoms with E-state index in [9.17, 15) is 5.11 Å². The highest BCUT2D eigenvalue weighted by molar-refractivity contribution is 14.0. The van der Waals surface area contributed by atoms with Crippen molar-refractivity contribution in [1.29, 1.82) is 0 Å². The van der Waals surface area contributed by atoms with Crippen LogP contribution >= 0.6 is 24.0 Å². The van der Waals surface area contributed by atoms with Crippen molar-refractivity contribution < 1.29 is 5.11 Å². The SMILES string of the molecule is CCNC(=NCc1ccc(-n2ccnc2C)nc1)N1CC[C@@H](O)C1.I. The van der Waals surface area contributed by atoms with Crippen molar-refractivity contribution in [3.05, 3.63) is 42.1 Å². The minimum atomic E-state index is -0.256. The molecule has 0 amide bonds. The van der Waals surface area contributed by atoms with Crippen molar-refractivity contribution in [3.8, 4) is 5.82 Å². The van der Waals surface area contributed by atoms with Crippen molar-refractivity contribution in [2.45, 2.75) is 32.9 Å². The Morgan fingerprint density at radius 1 is 1.40 bits per heavy atom. The van der Waals surface area contributed by atoms with Crippen LogP contribution < -0.4 is 5.32 Å². The number of hydrogen-bond acceptors (Lipinski definition) is 4. The maximum Gasteiger partial charge on any atom is 0.194 e. The lowest BCUT2D eigenvalue weighted by molar-refractivity contribution is 0.188. The molecule has 1 aliphatic heterocycles. The minimum Gasteiger partial charge on any atom is -0.391 e. The Bertz CT molecular complexity index is 699. The van der Waals surface area contributed by atoms with Crippen LogP contribution in [0.1, 0.15) is 24.7 Å². The van der Waals surface area contributed by atoms with Gasteiger partial charge in [-0.25, -0.2) is 15.0 Å². The molecule has 7 nitrogen and oxygen atoms in total. The molecular formula is C17H25IN6O. The molecule has 0 bridgehead atoms. The number of nitrogens with one attached hydrogen (secondary N) is 1. The van der Waals surface area contributed by atoms with Gasteiger partial charge in [0.1, 0.15) is 11.6 Å². The summed E-state index contributed by atoms with van der Waals surface area (Å²) in [5.41, 5.74) is 1.05. The molecule has 0 aromatic carbocycles.